The predicted octanol–water partition coefficient (Wildman–Crippen LogP) is 3.44. The molecule has 0 heterocycles. The minimum absolute atomic E-state index is 0.0161. The Labute approximate surface area is 115 Å². The van der Waals surface area contributed by atoms with Crippen molar-refractivity contribution in [1.29, 1.82) is 0 Å². The minimum Gasteiger partial charge on any atom is -0.488 e. The molecule has 2 aromatic rings. The normalized spacial score (nSPS) is 12.2. The summed E-state index contributed by atoms with van der Waals surface area (Å²) in [5.74, 6) is -2.60. The number of ether oxygens (including phenoxy) is 1. The van der Waals surface area contributed by atoms with Crippen molar-refractivity contribution in [3.05, 3.63) is 65.5 Å². The molecular formula is C15H14F3NO. The molecular weight excluding hydrogens is 267 g/mol. The van der Waals surface area contributed by atoms with Crippen LogP contribution < -0.4 is 10.1 Å². The van der Waals surface area contributed by atoms with E-state index >= 15 is 0 Å². The van der Waals surface area contributed by atoms with Crippen LogP contribution in [0.2, 0.25) is 0 Å². The molecule has 0 bridgehead atoms. The number of hydrogen-bond donors (Lipinski definition) is 1. The number of benzene rings is 2. The first-order valence-electron chi connectivity index (χ1n) is 6.12. The number of likely N-dealkylation sites (N-methyl/N-ethyl adjacent to an activating group) is 1. The van der Waals surface area contributed by atoms with E-state index < -0.39 is 17.7 Å². The fraction of sp³-hybridized carbons (Fsp3) is 0.200. The monoisotopic (exact) mass is 281 g/mol. The van der Waals surface area contributed by atoms with Crippen LogP contribution in [0.1, 0.15) is 11.6 Å². The number of hydrogen-bond acceptors (Lipinski definition) is 2. The third kappa shape index (κ3) is 3.11. The molecule has 1 atom stereocenters. The van der Waals surface area contributed by atoms with Crippen LogP contribution in [0, 0.1) is 17.5 Å². The van der Waals surface area contributed by atoms with E-state index in [-0.39, 0.29) is 18.2 Å². The summed E-state index contributed by atoms with van der Waals surface area (Å²) in [5.41, 5.74) is 0.409. The second-order valence-electron chi connectivity index (χ2n) is 4.23. The van der Waals surface area contributed by atoms with Crippen LogP contribution in [-0.4, -0.2) is 13.7 Å². The van der Waals surface area contributed by atoms with E-state index in [9.17, 15) is 13.2 Å². The average Bonchev–Trinajstić information content (AvgIpc) is 2.45. The maximum atomic E-state index is 13.7. The van der Waals surface area contributed by atoms with Gasteiger partial charge in [0.25, 0.3) is 0 Å². The largest absolute Gasteiger partial charge is 0.488 e. The van der Waals surface area contributed by atoms with Crippen molar-refractivity contribution in [2.24, 2.45) is 0 Å². The highest BCUT2D eigenvalue weighted by Crippen LogP contribution is 2.22. The fourth-order valence-corrected chi connectivity index (χ4v) is 1.85. The maximum absolute atomic E-state index is 13.7. The Morgan fingerprint density at radius 1 is 1.00 bits per heavy atom. The number of nitrogens with one attached hydrogen (secondary N) is 1. The van der Waals surface area contributed by atoms with Gasteiger partial charge in [-0.2, -0.15) is 4.39 Å². The van der Waals surface area contributed by atoms with Crippen molar-refractivity contribution in [2.45, 2.75) is 6.04 Å². The summed E-state index contributed by atoms with van der Waals surface area (Å²) in [4.78, 5) is 0. The van der Waals surface area contributed by atoms with E-state index in [1.165, 1.54) is 18.2 Å². The molecule has 0 fully saturated rings. The Morgan fingerprint density at radius 2 is 1.70 bits per heavy atom. The highest BCUT2D eigenvalue weighted by atomic mass is 19.2. The summed E-state index contributed by atoms with van der Waals surface area (Å²) in [6, 6.07) is 9.46. The minimum atomic E-state index is -1.05. The third-order valence-corrected chi connectivity index (χ3v) is 2.95. The standard InChI is InChI=1S/C15H14F3NO/c1-19-13(10-5-2-3-6-11(10)16)9-20-14-8-4-7-12(17)15(14)18/h2-8,13,19H,9H2,1H3. The molecule has 20 heavy (non-hydrogen) atoms. The van der Waals surface area contributed by atoms with E-state index in [2.05, 4.69) is 5.32 Å². The molecule has 0 aliphatic carbocycles. The summed E-state index contributed by atoms with van der Waals surface area (Å²) >= 11 is 0. The summed E-state index contributed by atoms with van der Waals surface area (Å²) in [6.07, 6.45) is 0. The average molecular weight is 281 g/mol. The van der Waals surface area contributed by atoms with E-state index in [0.29, 0.717) is 5.56 Å². The molecule has 2 aromatic carbocycles. The first-order valence-corrected chi connectivity index (χ1v) is 6.12. The summed E-state index contributed by atoms with van der Waals surface area (Å²) in [7, 11) is 1.64. The van der Waals surface area contributed by atoms with Crippen LogP contribution in [0.15, 0.2) is 42.5 Å². The van der Waals surface area contributed by atoms with E-state index in [1.54, 1.807) is 25.2 Å². The fourth-order valence-electron chi connectivity index (χ4n) is 1.85. The van der Waals surface area contributed by atoms with Crippen LogP contribution in [0.3, 0.4) is 0 Å². The van der Waals surface area contributed by atoms with Crippen molar-refractivity contribution >= 4 is 0 Å². The van der Waals surface area contributed by atoms with Crippen molar-refractivity contribution in [3.63, 3.8) is 0 Å². The van der Waals surface area contributed by atoms with Gasteiger partial charge in [0.15, 0.2) is 11.6 Å². The Balaban J connectivity index is 2.12. The van der Waals surface area contributed by atoms with Gasteiger partial charge >= 0.3 is 0 Å². The summed E-state index contributed by atoms with van der Waals surface area (Å²) in [6.45, 7) is -0.0161. The van der Waals surface area contributed by atoms with Crippen LogP contribution in [0.4, 0.5) is 13.2 Å². The van der Waals surface area contributed by atoms with Crippen LogP contribution in [0.25, 0.3) is 0 Å². The first kappa shape index (κ1) is 14.4. The quantitative estimate of drug-likeness (QED) is 0.906. The maximum Gasteiger partial charge on any atom is 0.200 e. The smallest absolute Gasteiger partial charge is 0.200 e. The van der Waals surface area contributed by atoms with Gasteiger partial charge in [0.05, 0.1) is 6.04 Å². The van der Waals surface area contributed by atoms with Gasteiger partial charge < -0.3 is 10.1 Å². The predicted molar refractivity (Wildman–Crippen MR) is 70.1 cm³/mol. The lowest BCUT2D eigenvalue weighted by Gasteiger charge is -2.18. The zero-order chi connectivity index (χ0) is 14.5. The highest BCUT2D eigenvalue weighted by Gasteiger charge is 2.16. The molecule has 0 aromatic heterocycles. The SMILES string of the molecule is CNC(COc1cccc(F)c1F)c1ccccc1F. The lowest BCUT2D eigenvalue weighted by atomic mass is 10.1. The van der Waals surface area contributed by atoms with E-state index in [4.69, 9.17) is 4.74 Å². The van der Waals surface area contributed by atoms with Gasteiger partial charge in [0, 0.05) is 5.56 Å². The lowest BCUT2D eigenvalue weighted by molar-refractivity contribution is 0.255. The molecule has 106 valence electrons. The lowest BCUT2D eigenvalue weighted by Crippen LogP contribution is -2.24. The van der Waals surface area contributed by atoms with Crippen LogP contribution in [0.5, 0.6) is 5.75 Å². The molecule has 0 spiro atoms. The van der Waals surface area contributed by atoms with E-state index in [0.717, 1.165) is 6.07 Å². The molecule has 0 saturated heterocycles. The Hall–Kier alpha value is -2.01. The molecule has 5 heteroatoms. The molecule has 0 aliphatic heterocycles. The summed E-state index contributed by atoms with van der Waals surface area (Å²) < 4.78 is 45.4. The van der Waals surface area contributed by atoms with Crippen molar-refractivity contribution in [2.75, 3.05) is 13.7 Å². The molecule has 2 nitrogen and oxygen atoms in total. The number of rotatable bonds is 5. The van der Waals surface area contributed by atoms with Gasteiger partial charge in [0.2, 0.25) is 5.82 Å². The Kier molecular flexibility index (Phi) is 4.63. The van der Waals surface area contributed by atoms with Gasteiger partial charge in [-0.15, -0.1) is 0 Å². The molecule has 2 rings (SSSR count). The summed E-state index contributed by atoms with van der Waals surface area (Å²) in [5, 5.41) is 2.88. The van der Waals surface area contributed by atoms with Gasteiger partial charge in [0.1, 0.15) is 12.4 Å². The Morgan fingerprint density at radius 3 is 2.40 bits per heavy atom. The highest BCUT2D eigenvalue weighted by molar-refractivity contribution is 5.26. The van der Waals surface area contributed by atoms with Crippen LogP contribution >= 0.6 is 0 Å². The van der Waals surface area contributed by atoms with Crippen molar-refractivity contribution in [3.8, 4) is 5.75 Å². The first-order chi connectivity index (χ1) is 9.63. The molecule has 0 amide bonds. The molecule has 0 radical (unpaired) electrons. The third-order valence-electron chi connectivity index (χ3n) is 2.95. The van der Waals surface area contributed by atoms with Crippen molar-refractivity contribution in [1.82, 2.24) is 5.32 Å². The van der Waals surface area contributed by atoms with Gasteiger partial charge in [-0.05, 0) is 25.2 Å². The topological polar surface area (TPSA) is 21.3 Å². The Bertz CT molecular complexity index is 589. The zero-order valence-electron chi connectivity index (χ0n) is 10.9. The zero-order valence-corrected chi connectivity index (χ0v) is 10.9. The van der Waals surface area contributed by atoms with Crippen LogP contribution in [-0.2, 0) is 0 Å². The molecule has 1 N–H and O–H groups in total. The van der Waals surface area contributed by atoms with Gasteiger partial charge in [-0.25, -0.2) is 8.78 Å². The molecule has 0 saturated carbocycles. The second kappa shape index (κ2) is 6.43. The molecule has 0 aliphatic rings. The second-order valence-corrected chi connectivity index (χ2v) is 4.23. The van der Waals surface area contributed by atoms with E-state index in [1.807, 2.05) is 0 Å². The van der Waals surface area contributed by atoms with Gasteiger partial charge in [-0.1, -0.05) is 24.3 Å². The molecule has 1 unspecified atom stereocenters. The number of halogens is 3. The van der Waals surface area contributed by atoms with Crippen molar-refractivity contribution < 1.29 is 17.9 Å². The van der Waals surface area contributed by atoms with Gasteiger partial charge in [-0.3, -0.25) is 0 Å².